The molecule has 0 unspecified atom stereocenters. The molecule has 3 rings (SSSR count). The van der Waals surface area contributed by atoms with Crippen molar-refractivity contribution in [3.63, 3.8) is 0 Å². The second-order valence-electron chi connectivity index (χ2n) is 8.74. The topological polar surface area (TPSA) is 125 Å². The number of benzene rings is 1. The molecular weight excluding hydrogens is 456 g/mol. The molecule has 2 amide bonds. The third-order valence-electron chi connectivity index (χ3n) is 5.48. The molecule has 2 aromatic rings. The number of sulfonamides is 1. The summed E-state index contributed by atoms with van der Waals surface area (Å²) in [5.74, 6) is 1.33. The van der Waals surface area contributed by atoms with Gasteiger partial charge in [-0.3, -0.25) is 9.59 Å². The maximum absolute atomic E-state index is 12.9. The van der Waals surface area contributed by atoms with Gasteiger partial charge < -0.3 is 15.1 Å². The van der Waals surface area contributed by atoms with Crippen molar-refractivity contribution in [2.45, 2.75) is 51.5 Å². The summed E-state index contributed by atoms with van der Waals surface area (Å²) >= 11 is 0. The van der Waals surface area contributed by atoms with Crippen LogP contribution in [0.1, 0.15) is 45.1 Å². The van der Waals surface area contributed by atoms with Crippen LogP contribution in [0, 0.1) is 6.92 Å². The van der Waals surface area contributed by atoms with E-state index in [1.54, 1.807) is 11.8 Å². The molecule has 2 heterocycles. The fourth-order valence-corrected chi connectivity index (χ4v) is 4.89. The molecule has 1 aromatic heterocycles. The van der Waals surface area contributed by atoms with E-state index >= 15 is 0 Å². The highest BCUT2D eigenvalue weighted by atomic mass is 32.2. The van der Waals surface area contributed by atoms with Gasteiger partial charge in [-0.2, -0.15) is 4.72 Å². The highest BCUT2D eigenvalue weighted by Crippen LogP contribution is 2.19. The van der Waals surface area contributed by atoms with Crippen molar-refractivity contribution < 1.29 is 18.0 Å². The summed E-state index contributed by atoms with van der Waals surface area (Å²) < 4.78 is 27.9. The van der Waals surface area contributed by atoms with Crippen LogP contribution in [-0.4, -0.2) is 67.3 Å². The highest BCUT2D eigenvalue weighted by Gasteiger charge is 2.29. The molecule has 1 aliphatic rings. The Hall–Kier alpha value is -3.05. The van der Waals surface area contributed by atoms with Crippen LogP contribution >= 0.6 is 0 Å². The minimum absolute atomic E-state index is 0.0196. The van der Waals surface area contributed by atoms with E-state index in [0.717, 1.165) is 17.3 Å². The van der Waals surface area contributed by atoms with Crippen LogP contribution in [-0.2, 0) is 19.6 Å². The van der Waals surface area contributed by atoms with Crippen LogP contribution in [0.2, 0.25) is 0 Å². The lowest BCUT2D eigenvalue weighted by molar-refractivity contribution is -0.132. The Bertz CT molecular complexity index is 1140. The number of aryl methyl sites for hydroxylation is 1. The molecule has 10 nitrogen and oxygen atoms in total. The van der Waals surface area contributed by atoms with Crippen molar-refractivity contribution >= 4 is 33.3 Å². The Morgan fingerprint density at radius 3 is 2.18 bits per heavy atom. The first-order chi connectivity index (χ1) is 16.0. The fourth-order valence-electron chi connectivity index (χ4n) is 3.70. The van der Waals surface area contributed by atoms with E-state index in [1.807, 2.05) is 13.0 Å². The summed E-state index contributed by atoms with van der Waals surface area (Å²) in [5.41, 5.74) is 1.40. The molecule has 1 saturated heterocycles. The Morgan fingerprint density at radius 1 is 1.00 bits per heavy atom. The molecule has 1 fully saturated rings. The van der Waals surface area contributed by atoms with E-state index in [4.69, 9.17) is 0 Å². The summed E-state index contributed by atoms with van der Waals surface area (Å²) in [5, 5.41) is 2.59. The van der Waals surface area contributed by atoms with Gasteiger partial charge in [0.2, 0.25) is 21.8 Å². The second-order valence-corrected chi connectivity index (χ2v) is 10.5. The summed E-state index contributed by atoms with van der Waals surface area (Å²) in [6.45, 7) is 11.1. The van der Waals surface area contributed by atoms with Crippen LogP contribution in [0.5, 0.6) is 0 Å². The molecule has 1 aromatic carbocycles. The van der Waals surface area contributed by atoms with Gasteiger partial charge in [0.25, 0.3) is 0 Å². The van der Waals surface area contributed by atoms with Crippen LogP contribution in [0.25, 0.3) is 0 Å². The average Bonchev–Trinajstić information content (AvgIpc) is 2.78. The lowest BCUT2D eigenvalue weighted by atomic mass is 10.2. The third-order valence-corrected chi connectivity index (χ3v) is 7.03. The largest absolute Gasteiger partial charge is 0.353 e. The van der Waals surface area contributed by atoms with Crippen LogP contribution < -0.4 is 14.9 Å². The number of aromatic nitrogens is 2. The standard InChI is InChI=1S/C23H32N6O4S/c1-15(2)22-24-16(3)14-21(26-22)28-10-12-29(13-11-28)23(31)17(4)27-34(32,33)20-8-6-19(7-9-20)25-18(5)30/h6-9,14-15,17,27H,10-13H2,1-5H3,(H,25,30)/t17-/m0/s1. The molecule has 0 radical (unpaired) electrons. The normalized spacial score (nSPS) is 15.4. The number of nitrogens with zero attached hydrogens (tertiary/aromatic N) is 4. The van der Waals surface area contributed by atoms with Crippen molar-refractivity contribution in [1.82, 2.24) is 19.6 Å². The number of rotatable bonds is 7. The first kappa shape index (κ1) is 25.6. The zero-order chi connectivity index (χ0) is 25.0. The lowest BCUT2D eigenvalue weighted by Crippen LogP contribution is -2.54. The molecule has 0 spiro atoms. The van der Waals surface area contributed by atoms with Gasteiger partial charge in [-0.15, -0.1) is 0 Å². The molecule has 2 N–H and O–H groups in total. The average molecular weight is 489 g/mol. The molecule has 1 aliphatic heterocycles. The van der Waals surface area contributed by atoms with E-state index in [2.05, 4.69) is 38.8 Å². The predicted octanol–water partition coefficient (Wildman–Crippen LogP) is 1.88. The number of carbonyl (C=O) groups excluding carboxylic acids is 2. The van der Waals surface area contributed by atoms with Crippen molar-refractivity contribution in [3.8, 4) is 0 Å². The Morgan fingerprint density at radius 2 is 1.62 bits per heavy atom. The minimum Gasteiger partial charge on any atom is -0.353 e. The zero-order valence-electron chi connectivity index (χ0n) is 20.2. The Kier molecular flexibility index (Phi) is 7.88. The molecule has 0 bridgehead atoms. The van der Waals surface area contributed by atoms with Gasteiger partial charge >= 0.3 is 0 Å². The molecule has 34 heavy (non-hydrogen) atoms. The maximum Gasteiger partial charge on any atom is 0.241 e. The van der Waals surface area contributed by atoms with E-state index in [9.17, 15) is 18.0 Å². The van der Waals surface area contributed by atoms with E-state index in [0.29, 0.717) is 31.9 Å². The summed E-state index contributed by atoms with van der Waals surface area (Å²) in [6, 6.07) is 6.80. The fraction of sp³-hybridized carbons (Fsp3) is 0.478. The number of anilines is 2. The van der Waals surface area contributed by atoms with E-state index in [-0.39, 0.29) is 22.6 Å². The number of nitrogens with one attached hydrogen (secondary N) is 2. The highest BCUT2D eigenvalue weighted by molar-refractivity contribution is 7.89. The summed E-state index contributed by atoms with van der Waals surface area (Å²) in [6.07, 6.45) is 0. The number of carbonyl (C=O) groups is 2. The van der Waals surface area contributed by atoms with Crippen LogP contribution in [0.3, 0.4) is 0 Å². The number of amides is 2. The summed E-state index contributed by atoms with van der Waals surface area (Å²) in [4.78, 5) is 37.0. The SMILES string of the molecule is CC(=O)Nc1ccc(S(=O)(=O)N[C@@H](C)C(=O)N2CCN(c3cc(C)nc(C(C)C)n3)CC2)cc1. The van der Waals surface area contributed by atoms with Crippen molar-refractivity contribution in [1.29, 1.82) is 0 Å². The first-order valence-corrected chi connectivity index (χ1v) is 12.7. The third kappa shape index (κ3) is 6.29. The van der Waals surface area contributed by atoms with Crippen LogP contribution in [0.4, 0.5) is 11.5 Å². The molecule has 184 valence electrons. The monoisotopic (exact) mass is 488 g/mol. The molecular formula is C23H32N6O4S. The van der Waals surface area contributed by atoms with Gasteiger partial charge in [0.15, 0.2) is 0 Å². The van der Waals surface area contributed by atoms with E-state index in [1.165, 1.54) is 31.2 Å². The van der Waals surface area contributed by atoms with Gasteiger partial charge in [-0.25, -0.2) is 18.4 Å². The Labute approximate surface area is 200 Å². The maximum atomic E-state index is 12.9. The quantitative estimate of drug-likeness (QED) is 0.610. The van der Waals surface area contributed by atoms with Gasteiger partial charge in [0, 0.05) is 56.5 Å². The minimum atomic E-state index is -3.90. The molecule has 11 heteroatoms. The van der Waals surface area contributed by atoms with Gasteiger partial charge in [0.1, 0.15) is 11.6 Å². The zero-order valence-corrected chi connectivity index (χ0v) is 21.0. The number of piperazine rings is 1. The van der Waals surface area contributed by atoms with Crippen LogP contribution in [0.15, 0.2) is 35.2 Å². The summed E-state index contributed by atoms with van der Waals surface area (Å²) in [7, 11) is -3.90. The molecule has 1 atom stereocenters. The molecule has 0 saturated carbocycles. The van der Waals surface area contributed by atoms with Gasteiger partial charge in [-0.05, 0) is 38.1 Å². The number of hydrogen-bond donors (Lipinski definition) is 2. The Balaban J connectivity index is 1.60. The van der Waals surface area contributed by atoms with E-state index < -0.39 is 16.1 Å². The lowest BCUT2D eigenvalue weighted by Gasteiger charge is -2.36. The predicted molar refractivity (Wildman–Crippen MR) is 130 cm³/mol. The second kappa shape index (κ2) is 10.5. The van der Waals surface area contributed by atoms with Crippen molar-refractivity contribution in [3.05, 3.63) is 41.9 Å². The number of hydrogen-bond acceptors (Lipinski definition) is 7. The van der Waals surface area contributed by atoms with Crippen molar-refractivity contribution in [2.24, 2.45) is 0 Å². The smallest absolute Gasteiger partial charge is 0.241 e. The van der Waals surface area contributed by atoms with Crippen molar-refractivity contribution in [2.75, 3.05) is 36.4 Å². The van der Waals surface area contributed by atoms with Gasteiger partial charge in [0.05, 0.1) is 10.9 Å². The first-order valence-electron chi connectivity index (χ1n) is 11.3. The van der Waals surface area contributed by atoms with Gasteiger partial charge in [-0.1, -0.05) is 13.8 Å². The molecule has 0 aliphatic carbocycles.